The minimum atomic E-state index is -0.338. The molecule has 1 amide bonds. The molecule has 1 fully saturated rings. The topological polar surface area (TPSA) is 60.2 Å². The van der Waals surface area contributed by atoms with E-state index in [0.717, 1.165) is 0 Å². The third-order valence-electron chi connectivity index (χ3n) is 1.68. The summed E-state index contributed by atoms with van der Waals surface area (Å²) in [7, 11) is 0. The molecule has 0 aromatic carbocycles. The van der Waals surface area contributed by atoms with Crippen LogP contribution < -0.4 is 5.73 Å². The lowest BCUT2D eigenvalue weighted by molar-refractivity contribution is -0.123. The van der Waals surface area contributed by atoms with Crippen molar-refractivity contribution in [1.29, 1.82) is 0 Å². The number of carbonyl (C=O) groups is 2. The summed E-state index contributed by atoms with van der Waals surface area (Å²) in [6.45, 7) is 1.49. The molecule has 0 aromatic heterocycles. The van der Waals surface area contributed by atoms with Crippen LogP contribution in [0.25, 0.3) is 0 Å². The number of Topliss-reactive ketones (excluding diaryl/α,β-unsaturated/α-hetero) is 1. The summed E-state index contributed by atoms with van der Waals surface area (Å²) >= 11 is 0. The van der Waals surface area contributed by atoms with Crippen molar-refractivity contribution in [1.82, 2.24) is 0 Å². The largest absolute Gasteiger partial charge is 0.369 e. The van der Waals surface area contributed by atoms with Gasteiger partial charge in [0.2, 0.25) is 5.91 Å². The standard InChI is InChI=1S/C6H9NO2/c1-3(8)4-2-5(4)6(7)9/h4-5H,2H2,1H3,(H2,7,9)/t4-,5?/m1/s1. The molecular weight excluding hydrogens is 118 g/mol. The van der Waals surface area contributed by atoms with E-state index in [2.05, 4.69) is 0 Å². The van der Waals surface area contributed by atoms with Crippen LogP contribution in [0.3, 0.4) is 0 Å². The summed E-state index contributed by atoms with van der Waals surface area (Å²) < 4.78 is 0. The third-order valence-corrected chi connectivity index (χ3v) is 1.68. The molecule has 1 saturated carbocycles. The highest BCUT2D eigenvalue weighted by molar-refractivity contribution is 5.91. The molecule has 2 N–H and O–H groups in total. The molecule has 0 bridgehead atoms. The Balaban J connectivity index is 2.42. The van der Waals surface area contributed by atoms with Crippen LogP contribution in [0.1, 0.15) is 13.3 Å². The van der Waals surface area contributed by atoms with Crippen molar-refractivity contribution < 1.29 is 9.59 Å². The van der Waals surface area contributed by atoms with Gasteiger partial charge in [-0.1, -0.05) is 0 Å². The maximum atomic E-state index is 10.5. The van der Waals surface area contributed by atoms with E-state index in [1.807, 2.05) is 0 Å². The van der Waals surface area contributed by atoms with Gasteiger partial charge in [0.05, 0.1) is 0 Å². The second-order valence-electron chi connectivity index (χ2n) is 2.46. The Hall–Kier alpha value is -0.860. The summed E-state index contributed by atoms with van der Waals surface area (Å²) in [6.07, 6.45) is 0.671. The first kappa shape index (κ1) is 6.26. The molecule has 1 rings (SSSR count). The van der Waals surface area contributed by atoms with E-state index in [-0.39, 0.29) is 23.5 Å². The van der Waals surface area contributed by atoms with E-state index in [4.69, 9.17) is 5.73 Å². The van der Waals surface area contributed by atoms with Crippen molar-refractivity contribution in [3.05, 3.63) is 0 Å². The van der Waals surface area contributed by atoms with Crippen molar-refractivity contribution in [3.8, 4) is 0 Å². The molecule has 1 unspecified atom stereocenters. The molecular formula is C6H9NO2. The lowest BCUT2D eigenvalue weighted by atomic mass is 10.2. The first-order chi connectivity index (χ1) is 4.13. The van der Waals surface area contributed by atoms with Crippen LogP contribution in [0, 0.1) is 11.8 Å². The van der Waals surface area contributed by atoms with Gasteiger partial charge >= 0.3 is 0 Å². The molecule has 3 nitrogen and oxygen atoms in total. The van der Waals surface area contributed by atoms with Gasteiger partial charge in [0, 0.05) is 11.8 Å². The minimum Gasteiger partial charge on any atom is -0.369 e. The van der Waals surface area contributed by atoms with Crippen LogP contribution in [-0.4, -0.2) is 11.7 Å². The predicted octanol–water partition coefficient (Wildman–Crippen LogP) is -0.303. The molecule has 2 atom stereocenters. The van der Waals surface area contributed by atoms with Gasteiger partial charge in [-0.3, -0.25) is 9.59 Å². The summed E-state index contributed by atoms with van der Waals surface area (Å²) in [4.78, 5) is 20.9. The van der Waals surface area contributed by atoms with Crippen molar-refractivity contribution >= 4 is 11.7 Å². The van der Waals surface area contributed by atoms with Gasteiger partial charge < -0.3 is 5.73 Å². The van der Waals surface area contributed by atoms with Gasteiger partial charge in [0.25, 0.3) is 0 Å². The lowest BCUT2D eigenvalue weighted by Crippen LogP contribution is -2.15. The monoisotopic (exact) mass is 127 g/mol. The van der Waals surface area contributed by atoms with E-state index in [1.165, 1.54) is 6.92 Å². The van der Waals surface area contributed by atoms with Crippen molar-refractivity contribution in [2.75, 3.05) is 0 Å². The number of rotatable bonds is 2. The Bertz CT molecular complexity index is 146. The Morgan fingerprint density at radius 1 is 1.44 bits per heavy atom. The van der Waals surface area contributed by atoms with E-state index in [9.17, 15) is 9.59 Å². The Labute approximate surface area is 53.2 Å². The molecule has 0 aliphatic heterocycles. The van der Waals surface area contributed by atoms with E-state index < -0.39 is 0 Å². The maximum absolute atomic E-state index is 10.5. The molecule has 0 heterocycles. The summed E-state index contributed by atoms with van der Waals surface area (Å²) in [5.41, 5.74) is 4.93. The first-order valence-corrected chi connectivity index (χ1v) is 2.92. The molecule has 0 saturated heterocycles. The smallest absolute Gasteiger partial charge is 0.221 e. The fourth-order valence-corrected chi connectivity index (χ4v) is 0.959. The normalized spacial score (nSPS) is 31.7. The highest BCUT2D eigenvalue weighted by Crippen LogP contribution is 2.38. The lowest BCUT2D eigenvalue weighted by Gasteiger charge is -1.86. The zero-order valence-electron chi connectivity index (χ0n) is 5.26. The highest BCUT2D eigenvalue weighted by Gasteiger charge is 2.44. The second kappa shape index (κ2) is 1.83. The quantitative estimate of drug-likeness (QED) is 0.553. The van der Waals surface area contributed by atoms with Gasteiger partial charge in [0.15, 0.2) is 0 Å². The van der Waals surface area contributed by atoms with Crippen molar-refractivity contribution in [3.63, 3.8) is 0 Å². The molecule has 9 heavy (non-hydrogen) atoms. The Kier molecular flexibility index (Phi) is 1.27. The van der Waals surface area contributed by atoms with Gasteiger partial charge in [0.1, 0.15) is 5.78 Å². The van der Waals surface area contributed by atoms with Crippen LogP contribution in [-0.2, 0) is 9.59 Å². The van der Waals surface area contributed by atoms with E-state index in [1.54, 1.807) is 0 Å². The van der Waals surface area contributed by atoms with Crippen LogP contribution in [0.4, 0.5) is 0 Å². The fraction of sp³-hybridized carbons (Fsp3) is 0.667. The van der Waals surface area contributed by atoms with Crippen molar-refractivity contribution in [2.45, 2.75) is 13.3 Å². The summed E-state index contributed by atoms with van der Waals surface area (Å²) in [5, 5.41) is 0. The van der Waals surface area contributed by atoms with Gasteiger partial charge in [-0.2, -0.15) is 0 Å². The molecule has 0 radical (unpaired) electrons. The first-order valence-electron chi connectivity index (χ1n) is 2.92. The highest BCUT2D eigenvalue weighted by atomic mass is 16.1. The summed E-state index contributed by atoms with van der Waals surface area (Å²) in [6, 6.07) is 0. The second-order valence-corrected chi connectivity index (χ2v) is 2.46. The number of hydrogen-bond acceptors (Lipinski definition) is 2. The third kappa shape index (κ3) is 1.09. The number of carbonyl (C=O) groups excluding carboxylic acids is 2. The predicted molar refractivity (Wildman–Crippen MR) is 31.5 cm³/mol. The molecule has 50 valence electrons. The summed E-state index contributed by atoms with van der Waals surface area (Å²) in [5.74, 6) is -0.459. The van der Waals surface area contributed by atoms with Crippen LogP contribution >= 0.6 is 0 Å². The maximum Gasteiger partial charge on any atom is 0.221 e. The number of primary amides is 1. The molecule has 0 spiro atoms. The minimum absolute atomic E-state index is 0.0532. The van der Waals surface area contributed by atoms with Gasteiger partial charge in [-0.25, -0.2) is 0 Å². The molecule has 3 heteroatoms. The van der Waals surface area contributed by atoms with E-state index in [0.29, 0.717) is 6.42 Å². The Morgan fingerprint density at radius 3 is 2.11 bits per heavy atom. The van der Waals surface area contributed by atoms with Crippen molar-refractivity contribution in [2.24, 2.45) is 17.6 Å². The average Bonchev–Trinajstić information content (AvgIpc) is 2.39. The van der Waals surface area contributed by atoms with Gasteiger partial charge in [-0.05, 0) is 13.3 Å². The van der Waals surface area contributed by atoms with Gasteiger partial charge in [-0.15, -0.1) is 0 Å². The molecule has 1 aliphatic carbocycles. The number of amides is 1. The fourth-order valence-electron chi connectivity index (χ4n) is 0.959. The van der Waals surface area contributed by atoms with Crippen LogP contribution in [0.2, 0.25) is 0 Å². The van der Waals surface area contributed by atoms with E-state index >= 15 is 0 Å². The number of nitrogens with two attached hydrogens (primary N) is 1. The number of hydrogen-bond donors (Lipinski definition) is 1. The Morgan fingerprint density at radius 2 is 2.00 bits per heavy atom. The zero-order valence-corrected chi connectivity index (χ0v) is 5.26. The zero-order chi connectivity index (χ0) is 7.02. The van der Waals surface area contributed by atoms with Crippen LogP contribution in [0.5, 0.6) is 0 Å². The SMILES string of the molecule is CC(=O)[C@H]1CC1C(N)=O. The van der Waals surface area contributed by atoms with Crippen LogP contribution in [0.15, 0.2) is 0 Å². The molecule has 1 aliphatic rings. The molecule has 0 aromatic rings. The average molecular weight is 127 g/mol. The number of ketones is 1.